The van der Waals surface area contributed by atoms with Crippen LogP contribution in [0.5, 0.6) is 0 Å². The number of ether oxygens (including phenoxy) is 1. The van der Waals surface area contributed by atoms with Gasteiger partial charge in [-0.1, -0.05) is 71.3 Å². The highest BCUT2D eigenvalue weighted by molar-refractivity contribution is 4.84. The minimum Gasteiger partial charge on any atom is -0.370 e. The van der Waals surface area contributed by atoms with E-state index in [-0.39, 0.29) is 0 Å². The fourth-order valence-corrected chi connectivity index (χ4v) is 2.93. The van der Waals surface area contributed by atoms with Crippen molar-refractivity contribution in [2.24, 2.45) is 5.92 Å². The third kappa shape index (κ3) is 9.58. The molecular weight excluding hydrogens is 244 g/mol. The Morgan fingerprint density at radius 3 is 2.00 bits per heavy atom. The molecule has 0 spiro atoms. The van der Waals surface area contributed by atoms with E-state index in [1.54, 1.807) is 0 Å². The lowest BCUT2D eigenvalue weighted by Crippen LogP contribution is -1.95. The van der Waals surface area contributed by atoms with Crippen molar-refractivity contribution < 1.29 is 4.74 Å². The molecule has 1 saturated heterocycles. The Hall–Kier alpha value is -0.300. The molecule has 1 heteroatoms. The van der Waals surface area contributed by atoms with Crippen LogP contribution in [0.2, 0.25) is 0 Å². The van der Waals surface area contributed by atoms with E-state index in [4.69, 9.17) is 4.74 Å². The number of rotatable bonds is 14. The maximum absolute atomic E-state index is 5.78. The zero-order chi connectivity index (χ0) is 14.6. The van der Waals surface area contributed by atoms with Gasteiger partial charge in [-0.15, -0.1) is 6.58 Å². The summed E-state index contributed by atoms with van der Waals surface area (Å²) >= 11 is 0. The normalized spacial score (nSPS) is 21.4. The number of allylic oxidation sites excluding steroid dienone is 1. The number of unbranched alkanes of at least 4 members (excludes halogenated alkanes) is 7. The molecule has 20 heavy (non-hydrogen) atoms. The van der Waals surface area contributed by atoms with Crippen LogP contribution >= 0.6 is 0 Å². The molecule has 0 aliphatic carbocycles. The lowest BCUT2D eigenvalue weighted by atomic mass is 10.0. The van der Waals surface area contributed by atoms with Crippen LogP contribution < -0.4 is 0 Å². The summed E-state index contributed by atoms with van der Waals surface area (Å²) < 4.78 is 5.78. The van der Waals surface area contributed by atoms with Crippen LogP contribution in [0.25, 0.3) is 0 Å². The maximum Gasteiger partial charge on any atom is 0.0841 e. The molecule has 1 fully saturated rings. The number of epoxide rings is 1. The fourth-order valence-electron chi connectivity index (χ4n) is 2.93. The van der Waals surface area contributed by atoms with E-state index in [0.29, 0.717) is 12.2 Å². The average Bonchev–Trinajstić information content (AvgIpc) is 3.15. The van der Waals surface area contributed by atoms with Crippen LogP contribution in [0.3, 0.4) is 0 Å². The summed E-state index contributed by atoms with van der Waals surface area (Å²) in [5, 5.41) is 0. The van der Waals surface area contributed by atoms with Crippen molar-refractivity contribution in [1.82, 2.24) is 0 Å². The van der Waals surface area contributed by atoms with Gasteiger partial charge < -0.3 is 4.74 Å². The molecule has 1 rings (SSSR count). The van der Waals surface area contributed by atoms with Crippen molar-refractivity contribution in [3.63, 3.8) is 0 Å². The third-order valence-corrected chi connectivity index (χ3v) is 4.35. The SMILES string of the molecule is C=CCCCCCCCC1OC1CCCCCC(C)C. The topological polar surface area (TPSA) is 12.5 Å². The Morgan fingerprint density at radius 2 is 1.40 bits per heavy atom. The predicted molar refractivity (Wildman–Crippen MR) is 89.1 cm³/mol. The zero-order valence-corrected chi connectivity index (χ0v) is 13.9. The molecule has 1 heterocycles. The van der Waals surface area contributed by atoms with Crippen LogP contribution in [-0.4, -0.2) is 12.2 Å². The Labute approximate surface area is 127 Å². The molecule has 0 N–H and O–H groups in total. The third-order valence-electron chi connectivity index (χ3n) is 4.35. The molecule has 0 aromatic heterocycles. The lowest BCUT2D eigenvalue weighted by Gasteiger charge is -2.03. The second-order valence-corrected chi connectivity index (χ2v) is 6.88. The summed E-state index contributed by atoms with van der Waals surface area (Å²) in [4.78, 5) is 0. The van der Waals surface area contributed by atoms with E-state index in [0.717, 1.165) is 5.92 Å². The van der Waals surface area contributed by atoms with Crippen LogP contribution in [0.15, 0.2) is 12.7 Å². The highest BCUT2D eigenvalue weighted by atomic mass is 16.6. The number of hydrogen-bond donors (Lipinski definition) is 0. The first-order valence-corrected chi connectivity index (χ1v) is 9.00. The monoisotopic (exact) mass is 280 g/mol. The first-order valence-electron chi connectivity index (χ1n) is 9.00. The molecule has 0 radical (unpaired) electrons. The molecule has 2 atom stereocenters. The van der Waals surface area contributed by atoms with Crippen LogP contribution in [-0.2, 0) is 4.74 Å². The van der Waals surface area contributed by atoms with E-state index in [9.17, 15) is 0 Å². The molecule has 0 aromatic carbocycles. The Bertz CT molecular complexity index is 234. The van der Waals surface area contributed by atoms with Gasteiger partial charge in [0.2, 0.25) is 0 Å². The zero-order valence-electron chi connectivity index (χ0n) is 13.9. The smallest absolute Gasteiger partial charge is 0.0841 e. The molecule has 1 aliphatic rings. The van der Waals surface area contributed by atoms with Gasteiger partial charge in [0.1, 0.15) is 0 Å². The molecule has 2 unspecified atom stereocenters. The summed E-state index contributed by atoms with van der Waals surface area (Å²) in [6, 6.07) is 0. The molecule has 0 amide bonds. The second-order valence-electron chi connectivity index (χ2n) is 6.88. The lowest BCUT2D eigenvalue weighted by molar-refractivity contribution is 0.347. The molecule has 0 aromatic rings. The van der Waals surface area contributed by atoms with E-state index < -0.39 is 0 Å². The van der Waals surface area contributed by atoms with Crippen molar-refractivity contribution in [2.75, 3.05) is 0 Å². The van der Waals surface area contributed by atoms with Gasteiger partial charge in [0.15, 0.2) is 0 Å². The van der Waals surface area contributed by atoms with Crippen molar-refractivity contribution in [3.8, 4) is 0 Å². The minimum absolute atomic E-state index is 0.619. The molecule has 0 saturated carbocycles. The Kier molecular flexibility index (Phi) is 10.1. The van der Waals surface area contributed by atoms with Crippen molar-refractivity contribution in [3.05, 3.63) is 12.7 Å². The van der Waals surface area contributed by atoms with Crippen molar-refractivity contribution in [1.29, 1.82) is 0 Å². The molecular formula is C19H36O. The number of hydrogen-bond acceptors (Lipinski definition) is 1. The standard InChI is InChI=1S/C19H36O/c1-4-5-6-7-8-9-12-15-18-19(20-18)16-13-10-11-14-17(2)3/h4,17-19H,1,5-16H2,2-3H3. The Balaban J connectivity index is 1.78. The molecule has 0 bridgehead atoms. The highest BCUT2D eigenvalue weighted by Crippen LogP contribution is 2.31. The molecule has 118 valence electrons. The van der Waals surface area contributed by atoms with Crippen LogP contribution in [0.1, 0.15) is 90.9 Å². The van der Waals surface area contributed by atoms with Gasteiger partial charge >= 0.3 is 0 Å². The van der Waals surface area contributed by atoms with Gasteiger partial charge in [0.25, 0.3) is 0 Å². The largest absolute Gasteiger partial charge is 0.370 e. The van der Waals surface area contributed by atoms with Gasteiger partial charge in [0.05, 0.1) is 12.2 Å². The quantitative estimate of drug-likeness (QED) is 0.207. The van der Waals surface area contributed by atoms with Gasteiger partial charge in [0, 0.05) is 0 Å². The molecule has 1 nitrogen and oxygen atoms in total. The van der Waals surface area contributed by atoms with Crippen LogP contribution in [0.4, 0.5) is 0 Å². The first-order chi connectivity index (χ1) is 9.74. The highest BCUT2D eigenvalue weighted by Gasteiger charge is 2.36. The van der Waals surface area contributed by atoms with Crippen molar-refractivity contribution in [2.45, 2.75) is 103 Å². The van der Waals surface area contributed by atoms with Gasteiger partial charge in [-0.05, 0) is 31.6 Å². The molecule has 1 aliphatic heterocycles. The van der Waals surface area contributed by atoms with E-state index >= 15 is 0 Å². The summed E-state index contributed by atoms with van der Waals surface area (Å²) in [6.07, 6.45) is 19.5. The average molecular weight is 280 g/mol. The van der Waals surface area contributed by atoms with Gasteiger partial charge in [-0.3, -0.25) is 0 Å². The summed E-state index contributed by atoms with van der Waals surface area (Å²) in [5.41, 5.74) is 0. The Morgan fingerprint density at radius 1 is 0.850 bits per heavy atom. The summed E-state index contributed by atoms with van der Waals surface area (Å²) in [7, 11) is 0. The van der Waals surface area contributed by atoms with Gasteiger partial charge in [-0.2, -0.15) is 0 Å². The van der Waals surface area contributed by atoms with E-state index in [1.807, 2.05) is 6.08 Å². The first kappa shape index (κ1) is 17.8. The van der Waals surface area contributed by atoms with E-state index in [1.165, 1.54) is 77.0 Å². The second kappa shape index (κ2) is 11.4. The minimum atomic E-state index is 0.619. The van der Waals surface area contributed by atoms with E-state index in [2.05, 4.69) is 20.4 Å². The predicted octanol–water partition coefficient (Wildman–Crippen LogP) is 6.28. The summed E-state index contributed by atoms with van der Waals surface area (Å²) in [5.74, 6) is 0.867. The maximum atomic E-state index is 5.78. The van der Waals surface area contributed by atoms with Crippen LogP contribution in [0, 0.1) is 5.92 Å². The summed E-state index contributed by atoms with van der Waals surface area (Å²) in [6.45, 7) is 8.40. The van der Waals surface area contributed by atoms with Crippen molar-refractivity contribution >= 4 is 0 Å². The van der Waals surface area contributed by atoms with Gasteiger partial charge in [-0.25, -0.2) is 0 Å². The fraction of sp³-hybridized carbons (Fsp3) is 0.895.